The third kappa shape index (κ3) is 2.24. The molecule has 0 unspecified atom stereocenters. The average molecular weight is 178 g/mol. The van der Waals surface area contributed by atoms with Crippen LogP contribution in [-0.4, -0.2) is 5.11 Å². The maximum absolute atomic E-state index is 9.40. The molecule has 0 aliphatic rings. The van der Waals surface area contributed by atoms with Gasteiger partial charge in [-0.1, -0.05) is 33.8 Å². The molecule has 0 atom stereocenters. The smallest absolute Gasteiger partial charge is 0.115 e. The molecule has 0 aliphatic carbocycles. The minimum Gasteiger partial charge on any atom is -0.508 e. The predicted molar refractivity (Wildman–Crippen MR) is 56.2 cm³/mol. The molecule has 0 aliphatic heterocycles. The molecule has 0 bridgehead atoms. The Labute approximate surface area is 80.4 Å². The summed E-state index contributed by atoms with van der Waals surface area (Å²) < 4.78 is 0. The number of hydrogen-bond acceptors (Lipinski definition) is 1. The summed E-state index contributed by atoms with van der Waals surface area (Å²) in [7, 11) is 0. The van der Waals surface area contributed by atoms with Crippen LogP contribution in [0.25, 0.3) is 0 Å². The molecule has 1 heteroatoms. The van der Waals surface area contributed by atoms with Gasteiger partial charge < -0.3 is 5.11 Å². The molecule has 0 spiro atoms. The molecule has 1 aromatic rings. The number of phenols is 1. The van der Waals surface area contributed by atoms with Crippen molar-refractivity contribution in [2.75, 3.05) is 0 Å². The summed E-state index contributed by atoms with van der Waals surface area (Å²) in [4.78, 5) is 0. The van der Waals surface area contributed by atoms with Crippen LogP contribution in [0.1, 0.15) is 38.8 Å². The van der Waals surface area contributed by atoms with Crippen molar-refractivity contribution in [2.45, 2.75) is 39.5 Å². The molecule has 0 aromatic heterocycles. The molecular weight excluding hydrogens is 160 g/mol. The fraction of sp³-hybridized carbons (Fsp3) is 0.500. The van der Waals surface area contributed by atoms with Crippen molar-refractivity contribution in [1.29, 1.82) is 0 Å². The van der Waals surface area contributed by atoms with Crippen LogP contribution in [0.15, 0.2) is 18.2 Å². The number of benzene rings is 1. The lowest BCUT2D eigenvalue weighted by Gasteiger charge is -2.22. The summed E-state index contributed by atoms with van der Waals surface area (Å²) in [5.74, 6) is 0.363. The molecule has 0 saturated heterocycles. The van der Waals surface area contributed by atoms with Crippen molar-refractivity contribution in [3.63, 3.8) is 0 Å². The van der Waals surface area contributed by atoms with Crippen LogP contribution in [0.2, 0.25) is 0 Å². The Balaban J connectivity index is 3.24. The maximum Gasteiger partial charge on any atom is 0.115 e. The van der Waals surface area contributed by atoms with Crippen LogP contribution < -0.4 is 0 Å². The fourth-order valence-electron chi connectivity index (χ4n) is 1.57. The van der Waals surface area contributed by atoms with Gasteiger partial charge in [-0.25, -0.2) is 0 Å². The van der Waals surface area contributed by atoms with E-state index in [-0.39, 0.29) is 5.41 Å². The van der Waals surface area contributed by atoms with Gasteiger partial charge in [0.2, 0.25) is 0 Å². The molecule has 72 valence electrons. The second-order valence-electron chi connectivity index (χ2n) is 4.45. The van der Waals surface area contributed by atoms with Gasteiger partial charge in [0.25, 0.3) is 0 Å². The van der Waals surface area contributed by atoms with E-state index in [0.717, 1.165) is 6.42 Å². The van der Waals surface area contributed by atoms with Crippen LogP contribution in [0.4, 0.5) is 0 Å². The van der Waals surface area contributed by atoms with Crippen LogP contribution in [-0.2, 0) is 11.8 Å². The highest BCUT2D eigenvalue weighted by atomic mass is 16.3. The maximum atomic E-state index is 9.40. The minimum absolute atomic E-state index is 0.115. The number of aryl methyl sites for hydroxylation is 1. The van der Waals surface area contributed by atoms with Crippen molar-refractivity contribution in [3.8, 4) is 5.75 Å². The van der Waals surface area contributed by atoms with Gasteiger partial charge in [-0.05, 0) is 35.1 Å². The molecule has 1 rings (SSSR count). The lowest BCUT2D eigenvalue weighted by atomic mass is 9.83. The molecule has 13 heavy (non-hydrogen) atoms. The van der Waals surface area contributed by atoms with Gasteiger partial charge in [-0.3, -0.25) is 0 Å². The quantitative estimate of drug-likeness (QED) is 0.700. The van der Waals surface area contributed by atoms with E-state index in [1.165, 1.54) is 11.1 Å². The predicted octanol–water partition coefficient (Wildman–Crippen LogP) is 3.25. The first-order valence-electron chi connectivity index (χ1n) is 4.77. The van der Waals surface area contributed by atoms with Gasteiger partial charge in [-0.2, -0.15) is 0 Å². The van der Waals surface area contributed by atoms with Crippen LogP contribution >= 0.6 is 0 Å². The summed E-state index contributed by atoms with van der Waals surface area (Å²) in [5, 5.41) is 9.40. The number of hydrogen-bond donors (Lipinski definition) is 1. The van der Waals surface area contributed by atoms with Gasteiger partial charge in [0, 0.05) is 0 Å². The summed E-state index contributed by atoms with van der Waals surface area (Å²) in [6.45, 7) is 8.64. The van der Waals surface area contributed by atoms with Crippen molar-refractivity contribution in [2.24, 2.45) is 0 Å². The Morgan fingerprint density at radius 3 is 2.31 bits per heavy atom. The molecular formula is C12H18O. The number of rotatable bonds is 1. The Morgan fingerprint density at radius 1 is 1.23 bits per heavy atom. The van der Waals surface area contributed by atoms with Crippen molar-refractivity contribution in [1.82, 2.24) is 0 Å². The lowest BCUT2D eigenvalue weighted by molar-refractivity contribution is 0.470. The second kappa shape index (κ2) is 3.41. The van der Waals surface area contributed by atoms with E-state index in [1.54, 1.807) is 6.07 Å². The summed E-state index contributed by atoms with van der Waals surface area (Å²) >= 11 is 0. The standard InChI is InChI=1S/C12H18O/c1-5-9-6-7-10(13)8-11(9)12(2,3)4/h6-8,13H,5H2,1-4H3. The van der Waals surface area contributed by atoms with E-state index in [0.29, 0.717) is 5.75 Å². The van der Waals surface area contributed by atoms with Gasteiger partial charge >= 0.3 is 0 Å². The number of phenolic OH excluding ortho intramolecular Hbond substituents is 1. The Hall–Kier alpha value is -0.980. The molecule has 1 aromatic carbocycles. The summed E-state index contributed by atoms with van der Waals surface area (Å²) in [6.07, 6.45) is 1.02. The van der Waals surface area contributed by atoms with Gasteiger partial charge in [0.1, 0.15) is 5.75 Å². The van der Waals surface area contributed by atoms with Gasteiger partial charge in [0.05, 0.1) is 0 Å². The monoisotopic (exact) mass is 178 g/mol. The van der Waals surface area contributed by atoms with Gasteiger partial charge in [0.15, 0.2) is 0 Å². The highest BCUT2D eigenvalue weighted by Crippen LogP contribution is 2.29. The first-order valence-corrected chi connectivity index (χ1v) is 4.77. The van der Waals surface area contributed by atoms with Crippen LogP contribution in [0.3, 0.4) is 0 Å². The summed E-state index contributed by atoms with van der Waals surface area (Å²) in [6, 6.07) is 5.64. The van der Waals surface area contributed by atoms with Crippen molar-refractivity contribution in [3.05, 3.63) is 29.3 Å². The number of aromatic hydroxyl groups is 1. The fourth-order valence-corrected chi connectivity index (χ4v) is 1.57. The Morgan fingerprint density at radius 2 is 1.85 bits per heavy atom. The zero-order valence-electron chi connectivity index (χ0n) is 8.89. The molecule has 1 nitrogen and oxygen atoms in total. The molecule has 0 saturated carbocycles. The summed E-state index contributed by atoms with van der Waals surface area (Å²) in [5.41, 5.74) is 2.68. The highest BCUT2D eigenvalue weighted by molar-refractivity contribution is 5.38. The zero-order chi connectivity index (χ0) is 10.1. The zero-order valence-corrected chi connectivity index (χ0v) is 8.89. The highest BCUT2D eigenvalue weighted by Gasteiger charge is 2.17. The van der Waals surface area contributed by atoms with Crippen LogP contribution in [0.5, 0.6) is 5.75 Å². The SMILES string of the molecule is CCc1ccc(O)cc1C(C)(C)C. The topological polar surface area (TPSA) is 20.2 Å². The lowest BCUT2D eigenvalue weighted by Crippen LogP contribution is -2.13. The molecule has 0 radical (unpaired) electrons. The third-order valence-corrected chi connectivity index (χ3v) is 2.28. The van der Waals surface area contributed by atoms with E-state index in [1.807, 2.05) is 12.1 Å². The molecule has 1 N–H and O–H groups in total. The van der Waals surface area contributed by atoms with Crippen molar-refractivity contribution < 1.29 is 5.11 Å². The Bertz CT molecular complexity index is 294. The van der Waals surface area contributed by atoms with E-state index in [2.05, 4.69) is 27.7 Å². The van der Waals surface area contributed by atoms with E-state index in [4.69, 9.17) is 0 Å². The molecule has 0 heterocycles. The molecule has 0 fully saturated rings. The average Bonchev–Trinajstić information content (AvgIpc) is 2.03. The third-order valence-electron chi connectivity index (χ3n) is 2.28. The second-order valence-corrected chi connectivity index (χ2v) is 4.45. The first kappa shape index (κ1) is 10.1. The van der Waals surface area contributed by atoms with Crippen molar-refractivity contribution >= 4 is 0 Å². The minimum atomic E-state index is 0.115. The van der Waals surface area contributed by atoms with E-state index >= 15 is 0 Å². The first-order chi connectivity index (χ1) is 5.95. The van der Waals surface area contributed by atoms with Gasteiger partial charge in [-0.15, -0.1) is 0 Å². The van der Waals surface area contributed by atoms with E-state index < -0.39 is 0 Å². The normalized spacial score (nSPS) is 11.7. The van der Waals surface area contributed by atoms with E-state index in [9.17, 15) is 5.11 Å². The largest absolute Gasteiger partial charge is 0.508 e. The Kier molecular flexibility index (Phi) is 2.65. The molecule has 0 amide bonds. The van der Waals surface area contributed by atoms with Crippen LogP contribution in [0, 0.1) is 0 Å².